The van der Waals surface area contributed by atoms with E-state index < -0.39 is 11.8 Å². The minimum Gasteiger partial charge on any atom is -0.348 e. The standard InChI is InChI=1S/C13H13ClN4O3/c1-2-15-11(19)12(20)16-7-10-17-13(21-18-10)8-5-3-4-6-9(8)14/h3-6H,2,7H2,1H3,(H,15,19)(H,16,20). The molecule has 2 amide bonds. The maximum absolute atomic E-state index is 11.4. The highest BCUT2D eigenvalue weighted by Crippen LogP contribution is 2.25. The van der Waals surface area contributed by atoms with Gasteiger partial charge < -0.3 is 15.2 Å². The molecule has 8 heteroatoms. The van der Waals surface area contributed by atoms with Crippen LogP contribution in [-0.4, -0.2) is 28.5 Å². The highest BCUT2D eigenvalue weighted by atomic mass is 35.5. The highest BCUT2D eigenvalue weighted by molar-refractivity contribution is 6.35. The van der Waals surface area contributed by atoms with Crippen LogP contribution in [0.4, 0.5) is 0 Å². The van der Waals surface area contributed by atoms with E-state index in [1.165, 1.54) is 0 Å². The molecule has 21 heavy (non-hydrogen) atoms. The van der Waals surface area contributed by atoms with Gasteiger partial charge in [0.15, 0.2) is 5.82 Å². The largest absolute Gasteiger partial charge is 0.348 e. The summed E-state index contributed by atoms with van der Waals surface area (Å²) in [6, 6.07) is 7.03. The van der Waals surface area contributed by atoms with Crippen LogP contribution in [0, 0.1) is 0 Å². The van der Waals surface area contributed by atoms with E-state index in [1.807, 2.05) is 0 Å². The van der Waals surface area contributed by atoms with E-state index in [1.54, 1.807) is 31.2 Å². The summed E-state index contributed by atoms with van der Waals surface area (Å²) in [6.07, 6.45) is 0. The Morgan fingerprint density at radius 1 is 1.24 bits per heavy atom. The van der Waals surface area contributed by atoms with Crippen molar-refractivity contribution in [1.82, 2.24) is 20.8 Å². The van der Waals surface area contributed by atoms with Gasteiger partial charge in [-0.2, -0.15) is 4.98 Å². The van der Waals surface area contributed by atoms with E-state index in [9.17, 15) is 9.59 Å². The van der Waals surface area contributed by atoms with Gasteiger partial charge in [0, 0.05) is 6.54 Å². The van der Waals surface area contributed by atoms with Crippen molar-refractivity contribution in [1.29, 1.82) is 0 Å². The van der Waals surface area contributed by atoms with Crippen molar-refractivity contribution in [3.63, 3.8) is 0 Å². The quantitative estimate of drug-likeness (QED) is 0.826. The topological polar surface area (TPSA) is 97.1 Å². The van der Waals surface area contributed by atoms with Gasteiger partial charge in [0.1, 0.15) is 0 Å². The van der Waals surface area contributed by atoms with Gasteiger partial charge in [-0.05, 0) is 19.1 Å². The Labute approximate surface area is 125 Å². The summed E-state index contributed by atoms with van der Waals surface area (Å²) in [5.41, 5.74) is 0.605. The minimum atomic E-state index is -0.749. The fourth-order valence-corrected chi connectivity index (χ4v) is 1.77. The normalized spacial score (nSPS) is 10.2. The second-order valence-electron chi connectivity index (χ2n) is 4.04. The van der Waals surface area contributed by atoms with E-state index in [0.29, 0.717) is 17.1 Å². The molecule has 0 bridgehead atoms. The molecule has 0 radical (unpaired) electrons. The predicted octanol–water partition coefficient (Wildman–Crippen LogP) is 1.14. The molecule has 7 nitrogen and oxygen atoms in total. The predicted molar refractivity (Wildman–Crippen MR) is 75.3 cm³/mol. The first-order valence-corrected chi connectivity index (χ1v) is 6.63. The lowest BCUT2D eigenvalue weighted by atomic mass is 10.2. The second-order valence-corrected chi connectivity index (χ2v) is 4.44. The molecule has 2 N–H and O–H groups in total. The number of rotatable bonds is 4. The molecule has 0 saturated carbocycles. The van der Waals surface area contributed by atoms with E-state index in [2.05, 4.69) is 20.8 Å². The average Bonchev–Trinajstić information content (AvgIpc) is 2.94. The summed E-state index contributed by atoms with van der Waals surface area (Å²) >= 11 is 6.02. The Kier molecular flexibility index (Phi) is 4.89. The van der Waals surface area contributed by atoms with E-state index in [-0.39, 0.29) is 18.3 Å². The van der Waals surface area contributed by atoms with Crippen molar-refractivity contribution in [2.45, 2.75) is 13.5 Å². The smallest absolute Gasteiger partial charge is 0.309 e. The number of aromatic nitrogens is 2. The van der Waals surface area contributed by atoms with Gasteiger partial charge in [-0.15, -0.1) is 0 Å². The molecule has 0 spiro atoms. The third-order valence-electron chi connectivity index (χ3n) is 2.52. The maximum Gasteiger partial charge on any atom is 0.309 e. The molecule has 0 aliphatic heterocycles. The summed E-state index contributed by atoms with van der Waals surface area (Å²) in [5.74, 6) is -0.946. The zero-order chi connectivity index (χ0) is 15.2. The zero-order valence-corrected chi connectivity index (χ0v) is 12.0. The van der Waals surface area contributed by atoms with Gasteiger partial charge in [-0.3, -0.25) is 9.59 Å². The van der Waals surface area contributed by atoms with Gasteiger partial charge in [-0.1, -0.05) is 28.9 Å². The maximum atomic E-state index is 11.4. The van der Waals surface area contributed by atoms with Crippen LogP contribution in [0.2, 0.25) is 5.02 Å². The van der Waals surface area contributed by atoms with Crippen molar-refractivity contribution in [2.75, 3.05) is 6.54 Å². The minimum absolute atomic E-state index is 0.01000. The number of nitrogens with one attached hydrogen (secondary N) is 2. The van der Waals surface area contributed by atoms with E-state index >= 15 is 0 Å². The number of carbonyl (C=O) groups excluding carboxylic acids is 2. The number of hydrogen-bond acceptors (Lipinski definition) is 5. The van der Waals surface area contributed by atoms with Crippen LogP contribution in [0.25, 0.3) is 11.5 Å². The lowest BCUT2D eigenvalue weighted by molar-refractivity contribution is -0.139. The molecule has 0 fully saturated rings. The van der Waals surface area contributed by atoms with Gasteiger partial charge >= 0.3 is 11.8 Å². The monoisotopic (exact) mass is 308 g/mol. The Morgan fingerprint density at radius 2 is 1.95 bits per heavy atom. The summed E-state index contributed by atoms with van der Waals surface area (Å²) in [7, 11) is 0. The van der Waals surface area contributed by atoms with Gasteiger partial charge in [0.25, 0.3) is 5.89 Å². The van der Waals surface area contributed by atoms with Crippen LogP contribution in [0.3, 0.4) is 0 Å². The Balaban J connectivity index is 2.00. The first-order valence-electron chi connectivity index (χ1n) is 6.25. The van der Waals surface area contributed by atoms with Crippen LogP contribution in [0.1, 0.15) is 12.7 Å². The number of benzene rings is 1. The van der Waals surface area contributed by atoms with Crippen LogP contribution in [-0.2, 0) is 16.1 Å². The summed E-state index contributed by atoms with van der Waals surface area (Å²) in [5, 5.41) is 8.99. The fourth-order valence-electron chi connectivity index (χ4n) is 1.55. The molecule has 0 saturated heterocycles. The van der Waals surface area contributed by atoms with Crippen molar-refractivity contribution >= 4 is 23.4 Å². The number of halogens is 1. The van der Waals surface area contributed by atoms with Crippen molar-refractivity contribution in [3.05, 3.63) is 35.1 Å². The second kappa shape index (κ2) is 6.85. The number of amides is 2. The third kappa shape index (κ3) is 3.79. The van der Waals surface area contributed by atoms with E-state index in [0.717, 1.165) is 0 Å². The number of carbonyl (C=O) groups is 2. The number of hydrogen-bond donors (Lipinski definition) is 2. The molecule has 0 atom stereocenters. The molecule has 2 aromatic rings. The Bertz CT molecular complexity index is 656. The molecule has 110 valence electrons. The molecule has 0 unspecified atom stereocenters. The number of likely N-dealkylation sites (N-methyl/N-ethyl adjacent to an activating group) is 1. The Morgan fingerprint density at radius 3 is 2.67 bits per heavy atom. The Hall–Kier alpha value is -2.41. The molecule has 2 rings (SSSR count). The van der Waals surface area contributed by atoms with Gasteiger partial charge in [-0.25, -0.2) is 0 Å². The van der Waals surface area contributed by atoms with Crippen LogP contribution in [0.15, 0.2) is 28.8 Å². The molecule has 0 aliphatic carbocycles. The summed E-state index contributed by atoms with van der Waals surface area (Å²) < 4.78 is 5.07. The van der Waals surface area contributed by atoms with Gasteiger partial charge in [0.2, 0.25) is 0 Å². The average molecular weight is 309 g/mol. The molecule has 1 heterocycles. The van der Waals surface area contributed by atoms with Crippen molar-refractivity contribution in [3.8, 4) is 11.5 Å². The summed E-state index contributed by atoms with van der Waals surface area (Å²) in [6.45, 7) is 2.09. The molecular formula is C13H13ClN4O3. The van der Waals surface area contributed by atoms with Crippen LogP contribution < -0.4 is 10.6 Å². The van der Waals surface area contributed by atoms with E-state index in [4.69, 9.17) is 16.1 Å². The highest BCUT2D eigenvalue weighted by Gasteiger charge is 2.15. The van der Waals surface area contributed by atoms with Crippen LogP contribution >= 0.6 is 11.6 Å². The SMILES string of the molecule is CCNC(=O)C(=O)NCc1noc(-c2ccccc2Cl)n1. The van der Waals surface area contributed by atoms with Gasteiger partial charge in [0.05, 0.1) is 17.1 Å². The molecule has 1 aromatic heterocycles. The molecule has 1 aromatic carbocycles. The first-order chi connectivity index (χ1) is 10.1. The lowest BCUT2D eigenvalue weighted by Gasteiger charge is -2.01. The van der Waals surface area contributed by atoms with Crippen LogP contribution in [0.5, 0.6) is 0 Å². The third-order valence-corrected chi connectivity index (χ3v) is 2.85. The van der Waals surface area contributed by atoms with Crippen molar-refractivity contribution < 1.29 is 14.1 Å². The number of nitrogens with zero attached hydrogens (tertiary/aromatic N) is 2. The molecular weight excluding hydrogens is 296 g/mol. The first kappa shape index (κ1) is 15.0. The van der Waals surface area contributed by atoms with Crippen molar-refractivity contribution in [2.24, 2.45) is 0 Å². The molecule has 0 aliphatic rings. The fraction of sp³-hybridized carbons (Fsp3) is 0.231. The lowest BCUT2D eigenvalue weighted by Crippen LogP contribution is -2.39. The zero-order valence-electron chi connectivity index (χ0n) is 11.2. The summed E-state index contributed by atoms with van der Waals surface area (Å²) in [4.78, 5) is 26.7.